The smallest absolute Gasteiger partial charge is 0.327 e. The molecule has 0 aliphatic heterocycles. The summed E-state index contributed by atoms with van der Waals surface area (Å²) in [6, 6.07) is 11.4. The molecule has 0 aliphatic carbocycles. The number of aromatic amines is 1. The largest absolute Gasteiger partial charge is 0.468 e. The molecule has 0 saturated carbocycles. The zero-order valence-corrected chi connectivity index (χ0v) is 20.2. The van der Waals surface area contributed by atoms with Crippen molar-refractivity contribution in [2.45, 2.75) is 59.3 Å². The molecule has 35 heavy (non-hydrogen) atoms. The van der Waals surface area contributed by atoms with Crippen LogP contribution in [-0.4, -0.2) is 42.7 Å². The van der Waals surface area contributed by atoms with Crippen LogP contribution in [0.4, 0.5) is 0 Å². The lowest BCUT2D eigenvalue weighted by Crippen LogP contribution is -2.32. The summed E-state index contributed by atoms with van der Waals surface area (Å²) >= 11 is 0. The topological polar surface area (TPSA) is 119 Å². The number of fused-ring (bicyclic) bond motifs is 1. The molecule has 3 heterocycles. The summed E-state index contributed by atoms with van der Waals surface area (Å²) in [5.74, 6) is 0.863. The summed E-state index contributed by atoms with van der Waals surface area (Å²) in [7, 11) is 0. The van der Waals surface area contributed by atoms with Crippen LogP contribution in [0.15, 0.2) is 51.9 Å². The van der Waals surface area contributed by atoms with E-state index in [-0.39, 0.29) is 24.8 Å². The number of ether oxygens (including phenoxy) is 1. The number of H-pyrrole nitrogens is 1. The molecule has 1 N–H and O–H groups in total. The number of hydrogen-bond donors (Lipinski definition) is 1. The second-order valence-corrected chi connectivity index (χ2v) is 8.31. The first-order valence-corrected chi connectivity index (χ1v) is 11.8. The van der Waals surface area contributed by atoms with E-state index in [9.17, 15) is 9.59 Å². The molecule has 0 radical (unpaired) electrons. The number of aromatic nitrogens is 5. The van der Waals surface area contributed by atoms with E-state index in [2.05, 4.69) is 38.4 Å². The lowest BCUT2D eigenvalue weighted by Gasteiger charge is -2.29. The average molecular weight is 479 g/mol. The SMILES string of the molecule is CCOC(=O)Cn1nnnc1[C@H](CC)N(Cc1ccco1)Cc1cc2cc(CC)ccc2[nH]c1=O. The number of aryl methyl sites for hydroxylation is 1. The maximum atomic E-state index is 13.0. The molecule has 184 valence electrons. The Hall–Kier alpha value is -3.79. The van der Waals surface area contributed by atoms with Gasteiger partial charge in [0.05, 0.1) is 25.5 Å². The van der Waals surface area contributed by atoms with Crippen LogP contribution in [0.5, 0.6) is 0 Å². The molecule has 0 saturated heterocycles. The van der Waals surface area contributed by atoms with E-state index < -0.39 is 5.97 Å². The summed E-state index contributed by atoms with van der Waals surface area (Å²) in [6.07, 6.45) is 3.18. The second-order valence-electron chi connectivity index (χ2n) is 8.31. The van der Waals surface area contributed by atoms with Crippen molar-refractivity contribution in [1.29, 1.82) is 0 Å². The van der Waals surface area contributed by atoms with Gasteiger partial charge in [-0.25, -0.2) is 4.68 Å². The first-order chi connectivity index (χ1) is 17.0. The van der Waals surface area contributed by atoms with E-state index >= 15 is 0 Å². The van der Waals surface area contributed by atoms with E-state index in [1.807, 2.05) is 37.3 Å². The molecule has 3 aromatic heterocycles. The molecule has 0 unspecified atom stereocenters. The lowest BCUT2D eigenvalue weighted by atomic mass is 10.1. The molecule has 1 atom stereocenters. The van der Waals surface area contributed by atoms with Gasteiger partial charge in [0.15, 0.2) is 5.82 Å². The molecule has 10 heteroatoms. The first-order valence-electron chi connectivity index (χ1n) is 11.8. The van der Waals surface area contributed by atoms with Crippen molar-refractivity contribution in [1.82, 2.24) is 30.1 Å². The van der Waals surface area contributed by atoms with Gasteiger partial charge in [0, 0.05) is 17.6 Å². The Morgan fingerprint density at radius 1 is 1.20 bits per heavy atom. The Bertz CT molecular complexity index is 1330. The Morgan fingerprint density at radius 3 is 2.77 bits per heavy atom. The standard InChI is InChI=1S/C25H30N6O4/c1-4-17-9-10-21-18(12-17)13-19(25(33)26-21)14-30(15-20-8-7-11-35-20)22(5-2)24-27-28-29-31(24)16-23(32)34-6-3/h7-13,22H,4-6,14-16H2,1-3H3,(H,26,33)/t22-/m0/s1. The molecule has 0 spiro atoms. The van der Waals surface area contributed by atoms with Crippen LogP contribution in [-0.2, 0) is 35.6 Å². The second kappa shape index (κ2) is 11.1. The number of carbonyl (C=O) groups excluding carboxylic acids is 1. The van der Waals surface area contributed by atoms with Crippen LogP contribution in [0.2, 0.25) is 0 Å². The number of tetrazole rings is 1. The minimum absolute atomic E-state index is 0.0857. The van der Waals surface area contributed by atoms with Crippen molar-refractivity contribution >= 4 is 16.9 Å². The molecule has 0 amide bonds. The van der Waals surface area contributed by atoms with Gasteiger partial charge < -0.3 is 14.1 Å². The number of nitrogens with one attached hydrogen (secondary N) is 1. The monoisotopic (exact) mass is 478 g/mol. The van der Waals surface area contributed by atoms with Gasteiger partial charge in [-0.15, -0.1) is 5.10 Å². The van der Waals surface area contributed by atoms with Crippen LogP contribution in [0.1, 0.15) is 55.9 Å². The normalized spacial score (nSPS) is 12.3. The molecule has 0 bridgehead atoms. The maximum absolute atomic E-state index is 13.0. The van der Waals surface area contributed by atoms with Gasteiger partial charge >= 0.3 is 5.97 Å². The van der Waals surface area contributed by atoms with Gasteiger partial charge in [-0.1, -0.05) is 19.9 Å². The zero-order chi connectivity index (χ0) is 24.8. The lowest BCUT2D eigenvalue weighted by molar-refractivity contribution is -0.144. The number of furan rings is 1. The molecule has 0 fully saturated rings. The fraction of sp³-hybridized carbons (Fsp3) is 0.400. The quantitative estimate of drug-likeness (QED) is 0.326. The van der Waals surface area contributed by atoms with E-state index in [0.717, 1.165) is 23.1 Å². The highest BCUT2D eigenvalue weighted by atomic mass is 16.5. The van der Waals surface area contributed by atoms with Crippen LogP contribution < -0.4 is 5.56 Å². The van der Waals surface area contributed by atoms with Crippen molar-refractivity contribution in [3.8, 4) is 0 Å². The highest BCUT2D eigenvalue weighted by Crippen LogP contribution is 2.27. The first kappa shape index (κ1) is 24.3. The fourth-order valence-electron chi connectivity index (χ4n) is 4.23. The Balaban J connectivity index is 1.70. The third-order valence-electron chi connectivity index (χ3n) is 5.98. The summed E-state index contributed by atoms with van der Waals surface area (Å²) < 4.78 is 12.1. The highest BCUT2D eigenvalue weighted by Gasteiger charge is 2.27. The molecular formula is C25H30N6O4. The number of esters is 1. The Morgan fingerprint density at radius 2 is 2.06 bits per heavy atom. The zero-order valence-electron chi connectivity index (χ0n) is 20.2. The number of rotatable bonds is 11. The van der Waals surface area contributed by atoms with Crippen molar-refractivity contribution < 1.29 is 13.9 Å². The van der Waals surface area contributed by atoms with Crippen molar-refractivity contribution in [3.05, 3.63) is 75.7 Å². The minimum Gasteiger partial charge on any atom is -0.468 e. The van der Waals surface area contributed by atoms with Crippen molar-refractivity contribution in [3.63, 3.8) is 0 Å². The predicted molar refractivity (Wildman–Crippen MR) is 129 cm³/mol. The van der Waals surface area contributed by atoms with Gasteiger partial charge in [-0.3, -0.25) is 14.5 Å². The molecule has 0 aliphatic rings. The summed E-state index contributed by atoms with van der Waals surface area (Å²) in [4.78, 5) is 30.2. The van der Waals surface area contributed by atoms with E-state index in [0.29, 0.717) is 30.9 Å². The summed E-state index contributed by atoms with van der Waals surface area (Å²) in [5, 5.41) is 13.0. The Kier molecular flexibility index (Phi) is 7.71. The molecule has 4 rings (SSSR count). The number of pyridine rings is 1. The predicted octanol–water partition coefficient (Wildman–Crippen LogP) is 3.39. The van der Waals surface area contributed by atoms with Gasteiger partial charge in [-0.05, 0) is 71.5 Å². The average Bonchev–Trinajstić information content (AvgIpc) is 3.52. The van der Waals surface area contributed by atoms with Crippen LogP contribution >= 0.6 is 0 Å². The summed E-state index contributed by atoms with van der Waals surface area (Å²) in [6.45, 7) is 6.84. The van der Waals surface area contributed by atoms with Gasteiger partial charge in [0.2, 0.25) is 0 Å². The number of hydrogen-bond acceptors (Lipinski definition) is 8. The molecule has 1 aromatic carbocycles. The van der Waals surface area contributed by atoms with Crippen LogP contribution in [0.3, 0.4) is 0 Å². The molecule has 10 nitrogen and oxygen atoms in total. The van der Waals surface area contributed by atoms with E-state index in [1.165, 1.54) is 10.2 Å². The van der Waals surface area contributed by atoms with Gasteiger partial charge in [0.1, 0.15) is 12.3 Å². The van der Waals surface area contributed by atoms with Crippen molar-refractivity contribution in [2.24, 2.45) is 0 Å². The van der Waals surface area contributed by atoms with E-state index in [1.54, 1.807) is 13.2 Å². The van der Waals surface area contributed by atoms with Crippen molar-refractivity contribution in [2.75, 3.05) is 6.61 Å². The summed E-state index contributed by atoms with van der Waals surface area (Å²) in [5.41, 5.74) is 2.49. The van der Waals surface area contributed by atoms with Gasteiger partial charge in [-0.2, -0.15) is 0 Å². The molecular weight excluding hydrogens is 448 g/mol. The maximum Gasteiger partial charge on any atom is 0.327 e. The van der Waals surface area contributed by atoms with Gasteiger partial charge in [0.25, 0.3) is 5.56 Å². The van der Waals surface area contributed by atoms with E-state index in [4.69, 9.17) is 9.15 Å². The Labute approximate surface area is 202 Å². The molecule has 4 aromatic rings. The number of benzene rings is 1. The fourth-order valence-corrected chi connectivity index (χ4v) is 4.23. The number of nitrogens with zero attached hydrogens (tertiary/aromatic N) is 5. The van der Waals surface area contributed by atoms with Crippen LogP contribution in [0.25, 0.3) is 10.9 Å². The highest BCUT2D eigenvalue weighted by molar-refractivity contribution is 5.79. The number of carbonyl (C=O) groups is 1. The minimum atomic E-state index is -0.411. The third-order valence-corrected chi connectivity index (χ3v) is 5.98. The third kappa shape index (κ3) is 5.65. The van der Waals surface area contributed by atoms with Crippen LogP contribution in [0, 0.1) is 0 Å².